The van der Waals surface area contributed by atoms with Crippen molar-refractivity contribution in [2.45, 2.75) is 144 Å². The standard InChI is InChI=1S/C27H39NO.C14H22O.Zn/c1-17(2)21-12-11-13-22(18(3)4)24(21)28-16-19-14-20(26(5,6)7)15-23(25(19)29)27(8,9)10;1-13(2,3)10-8-7-9-11(12(10)15)14(4,5)6;/h11-18,29H,1-10H3;7-9,15H,1-6H3;/q;;+2/p-2. The van der Waals surface area contributed by atoms with E-state index in [1.807, 2.05) is 24.3 Å². The van der Waals surface area contributed by atoms with Crippen LogP contribution in [0.5, 0.6) is 11.5 Å². The van der Waals surface area contributed by atoms with Crippen LogP contribution in [-0.4, -0.2) is 6.21 Å². The maximum atomic E-state index is 13.3. The molecule has 0 unspecified atom stereocenters. The molecule has 0 spiro atoms. The Hall–Kier alpha value is -2.45. The minimum Gasteiger partial charge on any atom is -0.872 e. The second-order valence-electron chi connectivity index (χ2n) is 17.0. The third-order valence-corrected chi connectivity index (χ3v) is 8.10. The van der Waals surface area contributed by atoms with Crippen molar-refractivity contribution in [3.63, 3.8) is 0 Å². The van der Waals surface area contributed by atoms with Gasteiger partial charge in [0.1, 0.15) is 0 Å². The van der Waals surface area contributed by atoms with E-state index in [1.54, 1.807) is 6.21 Å². The van der Waals surface area contributed by atoms with Gasteiger partial charge in [0.05, 0.1) is 5.69 Å². The van der Waals surface area contributed by atoms with E-state index in [0.29, 0.717) is 17.4 Å². The van der Waals surface area contributed by atoms with E-state index >= 15 is 0 Å². The molecule has 0 heterocycles. The largest absolute Gasteiger partial charge is 2.00 e. The van der Waals surface area contributed by atoms with Crippen molar-refractivity contribution in [3.05, 3.63) is 87.5 Å². The average Bonchev–Trinajstić information content (AvgIpc) is 2.85. The fourth-order valence-corrected chi connectivity index (χ4v) is 5.25. The van der Waals surface area contributed by atoms with Gasteiger partial charge in [-0.3, -0.25) is 4.99 Å². The number of para-hydroxylation sites is 2. The van der Waals surface area contributed by atoms with Gasteiger partial charge in [-0.2, -0.15) is 0 Å². The van der Waals surface area contributed by atoms with Crippen LogP contribution in [0.4, 0.5) is 5.69 Å². The summed E-state index contributed by atoms with van der Waals surface area (Å²) in [5.74, 6) is 1.04. The van der Waals surface area contributed by atoms with Gasteiger partial charge in [0.2, 0.25) is 0 Å². The first-order valence-corrected chi connectivity index (χ1v) is 16.2. The molecule has 0 N–H and O–H groups in total. The van der Waals surface area contributed by atoms with Crippen molar-refractivity contribution in [1.82, 2.24) is 0 Å². The van der Waals surface area contributed by atoms with E-state index in [9.17, 15) is 10.2 Å². The summed E-state index contributed by atoms with van der Waals surface area (Å²) >= 11 is 0. The van der Waals surface area contributed by atoms with E-state index < -0.39 is 0 Å². The molecular formula is C41H59NO2Zn. The Kier molecular flexibility index (Phi) is 13.5. The van der Waals surface area contributed by atoms with Gasteiger partial charge in [-0.05, 0) is 61.3 Å². The fraction of sp³-hybridized carbons (Fsp3) is 0.537. The third kappa shape index (κ3) is 10.5. The predicted octanol–water partition coefficient (Wildman–Crippen LogP) is 10.7. The van der Waals surface area contributed by atoms with E-state index in [1.165, 1.54) is 16.7 Å². The topological polar surface area (TPSA) is 58.5 Å². The molecule has 0 aromatic heterocycles. The van der Waals surface area contributed by atoms with Crippen LogP contribution in [0, 0.1) is 0 Å². The quantitative estimate of drug-likeness (QED) is 0.206. The Balaban J connectivity index is 0.000000534. The molecule has 45 heavy (non-hydrogen) atoms. The van der Waals surface area contributed by atoms with Crippen LogP contribution in [-0.2, 0) is 41.1 Å². The van der Waals surface area contributed by atoms with Crippen LogP contribution in [0.1, 0.15) is 162 Å². The van der Waals surface area contributed by atoms with E-state index in [4.69, 9.17) is 4.99 Å². The molecule has 0 bridgehead atoms. The summed E-state index contributed by atoms with van der Waals surface area (Å²) in [6.45, 7) is 34.1. The van der Waals surface area contributed by atoms with Crippen LogP contribution in [0.2, 0.25) is 0 Å². The zero-order valence-corrected chi connectivity index (χ0v) is 34.3. The molecule has 0 radical (unpaired) electrons. The molecule has 0 aliphatic carbocycles. The molecule has 0 aliphatic rings. The predicted molar refractivity (Wildman–Crippen MR) is 188 cm³/mol. The van der Waals surface area contributed by atoms with Crippen molar-refractivity contribution >= 4 is 11.9 Å². The second kappa shape index (κ2) is 15.0. The molecular weight excluding hydrogens is 604 g/mol. The SMILES string of the molecule is CC(C)(C)c1cccc(C(C)(C)C)c1[O-].CC(C)c1cccc(C(C)C)c1N=Cc1cc(C(C)(C)C)cc(C(C)(C)C)c1[O-].[Zn+2]. The van der Waals surface area contributed by atoms with Crippen molar-refractivity contribution in [3.8, 4) is 11.5 Å². The first kappa shape index (κ1) is 40.6. The maximum absolute atomic E-state index is 13.3. The van der Waals surface area contributed by atoms with Gasteiger partial charge in [-0.25, -0.2) is 0 Å². The summed E-state index contributed by atoms with van der Waals surface area (Å²) in [4.78, 5) is 4.90. The van der Waals surface area contributed by atoms with Gasteiger partial charge < -0.3 is 10.2 Å². The van der Waals surface area contributed by atoms with Crippen LogP contribution >= 0.6 is 0 Å². The zero-order valence-electron chi connectivity index (χ0n) is 31.3. The Morgan fingerprint density at radius 3 is 1.31 bits per heavy atom. The van der Waals surface area contributed by atoms with Gasteiger partial charge in [-0.15, -0.1) is 5.75 Å². The molecule has 0 saturated carbocycles. The summed E-state index contributed by atoms with van der Waals surface area (Å²) in [6.07, 6.45) is 1.79. The fourth-order valence-electron chi connectivity index (χ4n) is 5.25. The Morgan fingerprint density at radius 2 is 0.956 bits per heavy atom. The number of rotatable bonds is 4. The van der Waals surface area contributed by atoms with Crippen molar-refractivity contribution in [1.29, 1.82) is 0 Å². The van der Waals surface area contributed by atoms with Crippen LogP contribution in [0.3, 0.4) is 0 Å². The minimum absolute atomic E-state index is 0. The van der Waals surface area contributed by atoms with Gasteiger partial charge >= 0.3 is 19.5 Å². The Morgan fingerprint density at radius 1 is 0.556 bits per heavy atom. The smallest absolute Gasteiger partial charge is 0.872 e. The van der Waals surface area contributed by atoms with Crippen molar-refractivity contribution in [2.24, 2.45) is 4.99 Å². The normalized spacial score (nSPS) is 12.8. The maximum Gasteiger partial charge on any atom is 2.00 e. The molecule has 0 atom stereocenters. The average molecular weight is 663 g/mol. The van der Waals surface area contributed by atoms with Crippen LogP contribution < -0.4 is 10.2 Å². The molecule has 0 aliphatic heterocycles. The number of benzene rings is 3. The number of aliphatic imine (C=N–C) groups is 1. The summed E-state index contributed by atoms with van der Waals surface area (Å²) in [7, 11) is 0. The van der Waals surface area contributed by atoms with E-state index in [-0.39, 0.29) is 52.6 Å². The first-order valence-electron chi connectivity index (χ1n) is 16.2. The summed E-state index contributed by atoms with van der Waals surface area (Å²) in [5.41, 5.74) is 7.60. The summed E-state index contributed by atoms with van der Waals surface area (Å²) in [6, 6.07) is 16.4. The summed E-state index contributed by atoms with van der Waals surface area (Å²) < 4.78 is 0. The molecule has 0 amide bonds. The molecule has 0 saturated heterocycles. The number of hydrogen-bond acceptors (Lipinski definition) is 3. The second-order valence-corrected chi connectivity index (χ2v) is 17.0. The van der Waals surface area contributed by atoms with Crippen molar-refractivity contribution in [2.75, 3.05) is 0 Å². The van der Waals surface area contributed by atoms with E-state index in [2.05, 4.69) is 135 Å². The van der Waals surface area contributed by atoms with Crippen molar-refractivity contribution < 1.29 is 29.7 Å². The summed E-state index contributed by atoms with van der Waals surface area (Å²) in [5, 5.41) is 25.5. The first-order chi connectivity index (χ1) is 19.9. The molecule has 4 heteroatoms. The molecule has 0 fully saturated rings. The zero-order chi connectivity index (χ0) is 34.0. The molecule has 3 rings (SSSR count). The molecule has 3 aromatic carbocycles. The van der Waals surface area contributed by atoms with Gasteiger partial charge in [0.15, 0.2) is 0 Å². The number of nitrogens with zero attached hydrogens (tertiary/aromatic N) is 1. The van der Waals surface area contributed by atoms with Gasteiger partial charge in [0.25, 0.3) is 0 Å². The monoisotopic (exact) mass is 661 g/mol. The third-order valence-electron chi connectivity index (χ3n) is 8.10. The Bertz CT molecular complexity index is 1390. The number of hydrogen-bond donors (Lipinski definition) is 0. The molecule has 3 aromatic rings. The van der Waals surface area contributed by atoms with Gasteiger partial charge in [0, 0.05) is 6.21 Å². The van der Waals surface area contributed by atoms with Crippen LogP contribution in [0.15, 0.2) is 53.5 Å². The minimum atomic E-state index is -0.208. The molecule has 242 valence electrons. The van der Waals surface area contributed by atoms with Gasteiger partial charge in [-0.1, -0.05) is 176 Å². The van der Waals surface area contributed by atoms with E-state index in [0.717, 1.165) is 22.4 Å². The Labute approximate surface area is 288 Å². The molecule has 3 nitrogen and oxygen atoms in total. The van der Waals surface area contributed by atoms with Crippen LogP contribution in [0.25, 0.3) is 0 Å².